The van der Waals surface area contributed by atoms with E-state index in [-0.39, 0.29) is 17.3 Å². The molecular weight excluding hydrogens is 375 g/mol. The number of fused-ring (bicyclic) bond motifs is 3. The van der Waals surface area contributed by atoms with Gasteiger partial charge in [-0.05, 0) is 30.7 Å². The molecule has 1 aromatic carbocycles. The van der Waals surface area contributed by atoms with Crippen LogP contribution in [-0.2, 0) is 6.42 Å². The summed E-state index contributed by atoms with van der Waals surface area (Å²) in [5.74, 6) is 0.609. The van der Waals surface area contributed by atoms with Crippen LogP contribution in [0.3, 0.4) is 0 Å². The summed E-state index contributed by atoms with van der Waals surface area (Å²) < 4.78 is 16.2. The van der Waals surface area contributed by atoms with Crippen molar-refractivity contribution >= 4 is 16.7 Å². The molecule has 0 aliphatic carbocycles. The first kappa shape index (κ1) is 17.2. The number of aromatic amines is 1. The van der Waals surface area contributed by atoms with E-state index < -0.39 is 5.56 Å². The standard InChI is InChI=1S/C19H15FN8O/c1-3-14-21-19(25-22-14)27-9-8-13-16(18(27)29)23-24-17-15(10(2)26-28(13)17)11-4-6-12(20)7-5-11/h4-9H,3H2,1-2H3,(H,21,22,25). The van der Waals surface area contributed by atoms with Gasteiger partial charge in [-0.25, -0.2) is 13.5 Å². The lowest BCUT2D eigenvalue weighted by molar-refractivity contribution is 0.628. The van der Waals surface area contributed by atoms with Crippen LogP contribution in [0.5, 0.6) is 0 Å². The average molecular weight is 390 g/mol. The van der Waals surface area contributed by atoms with E-state index in [2.05, 4.69) is 30.5 Å². The number of benzene rings is 1. The minimum atomic E-state index is -0.393. The fourth-order valence-corrected chi connectivity index (χ4v) is 3.32. The highest BCUT2D eigenvalue weighted by Crippen LogP contribution is 2.28. The molecule has 9 nitrogen and oxygen atoms in total. The number of hydrogen-bond acceptors (Lipinski definition) is 6. The van der Waals surface area contributed by atoms with Crippen molar-refractivity contribution < 1.29 is 4.39 Å². The minimum Gasteiger partial charge on any atom is -0.266 e. The van der Waals surface area contributed by atoms with Crippen LogP contribution in [0.4, 0.5) is 4.39 Å². The number of nitrogens with zero attached hydrogens (tertiary/aromatic N) is 7. The third kappa shape index (κ3) is 2.60. The zero-order valence-corrected chi connectivity index (χ0v) is 15.6. The maximum absolute atomic E-state index is 13.3. The summed E-state index contributed by atoms with van der Waals surface area (Å²) >= 11 is 0. The Morgan fingerprint density at radius 3 is 2.66 bits per heavy atom. The third-order valence-electron chi connectivity index (χ3n) is 4.76. The van der Waals surface area contributed by atoms with E-state index in [0.29, 0.717) is 29.1 Å². The summed E-state index contributed by atoms with van der Waals surface area (Å²) in [5.41, 5.74) is 2.97. The van der Waals surface area contributed by atoms with Gasteiger partial charge in [-0.15, -0.1) is 15.3 Å². The summed E-state index contributed by atoms with van der Waals surface area (Å²) in [6, 6.07) is 7.82. The number of aryl methyl sites for hydroxylation is 2. The molecule has 4 heterocycles. The first-order chi connectivity index (χ1) is 14.1. The van der Waals surface area contributed by atoms with Gasteiger partial charge in [0.05, 0.1) is 11.3 Å². The lowest BCUT2D eigenvalue weighted by Crippen LogP contribution is -2.21. The number of nitrogens with one attached hydrogen (secondary N) is 1. The highest BCUT2D eigenvalue weighted by molar-refractivity contribution is 5.84. The summed E-state index contributed by atoms with van der Waals surface area (Å²) in [6.07, 6.45) is 2.26. The second-order valence-corrected chi connectivity index (χ2v) is 6.56. The molecule has 0 radical (unpaired) electrons. The zero-order valence-electron chi connectivity index (χ0n) is 15.6. The highest BCUT2D eigenvalue weighted by Gasteiger charge is 2.18. The molecule has 0 bridgehead atoms. The first-order valence-corrected chi connectivity index (χ1v) is 9.02. The molecular formula is C19H15FN8O. The van der Waals surface area contributed by atoms with E-state index in [0.717, 1.165) is 11.1 Å². The van der Waals surface area contributed by atoms with Gasteiger partial charge >= 0.3 is 0 Å². The molecule has 0 unspecified atom stereocenters. The Kier molecular flexibility index (Phi) is 3.73. The van der Waals surface area contributed by atoms with Crippen molar-refractivity contribution in [3.8, 4) is 17.1 Å². The topological polar surface area (TPSA) is 107 Å². The SMILES string of the molecule is CCc1nc(-n2ccc3c(nnc4c(-c5ccc(F)cc5)c(C)nn43)c2=O)n[nH]1. The molecule has 0 spiro atoms. The van der Waals surface area contributed by atoms with Crippen molar-refractivity contribution in [2.24, 2.45) is 0 Å². The van der Waals surface area contributed by atoms with Crippen LogP contribution in [0.2, 0.25) is 0 Å². The van der Waals surface area contributed by atoms with Crippen molar-refractivity contribution in [3.63, 3.8) is 0 Å². The van der Waals surface area contributed by atoms with E-state index in [9.17, 15) is 9.18 Å². The molecule has 0 aliphatic rings. The summed E-state index contributed by atoms with van der Waals surface area (Å²) in [5, 5.41) is 19.8. The maximum atomic E-state index is 13.3. The third-order valence-corrected chi connectivity index (χ3v) is 4.76. The Morgan fingerprint density at radius 1 is 1.14 bits per heavy atom. The lowest BCUT2D eigenvalue weighted by atomic mass is 10.1. The number of H-pyrrole nitrogens is 1. The Labute approximate surface area is 162 Å². The average Bonchev–Trinajstić information content (AvgIpc) is 3.33. The van der Waals surface area contributed by atoms with Gasteiger partial charge in [0.1, 0.15) is 17.2 Å². The number of hydrogen-bond donors (Lipinski definition) is 1. The van der Waals surface area contributed by atoms with E-state index >= 15 is 0 Å². The van der Waals surface area contributed by atoms with Crippen molar-refractivity contribution in [1.82, 2.24) is 39.6 Å². The van der Waals surface area contributed by atoms with Gasteiger partial charge < -0.3 is 0 Å². The highest BCUT2D eigenvalue weighted by atomic mass is 19.1. The molecule has 0 atom stereocenters. The Hall–Kier alpha value is -3.95. The molecule has 0 amide bonds. The van der Waals surface area contributed by atoms with Gasteiger partial charge in [-0.1, -0.05) is 19.1 Å². The molecule has 1 N–H and O–H groups in total. The molecule has 144 valence electrons. The fourth-order valence-electron chi connectivity index (χ4n) is 3.32. The van der Waals surface area contributed by atoms with Crippen molar-refractivity contribution in [1.29, 1.82) is 0 Å². The van der Waals surface area contributed by atoms with E-state index in [1.165, 1.54) is 16.7 Å². The van der Waals surface area contributed by atoms with Crippen molar-refractivity contribution in [3.05, 3.63) is 64.2 Å². The summed E-state index contributed by atoms with van der Waals surface area (Å²) in [4.78, 5) is 17.2. The quantitative estimate of drug-likeness (QED) is 0.506. The normalized spacial score (nSPS) is 11.6. The van der Waals surface area contributed by atoms with Crippen LogP contribution in [-0.4, -0.2) is 39.6 Å². The van der Waals surface area contributed by atoms with Gasteiger partial charge in [0.25, 0.3) is 11.5 Å². The van der Waals surface area contributed by atoms with Crippen LogP contribution < -0.4 is 5.56 Å². The molecule has 0 aliphatic heterocycles. The molecule has 0 fully saturated rings. The molecule has 0 saturated carbocycles. The smallest absolute Gasteiger partial charge is 0.266 e. The second kappa shape index (κ2) is 6.30. The van der Waals surface area contributed by atoms with E-state index in [1.54, 1.807) is 28.9 Å². The maximum Gasteiger partial charge on any atom is 0.287 e. The Morgan fingerprint density at radius 2 is 1.93 bits per heavy atom. The van der Waals surface area contributed by atoms with Crippen LogP contribution in [0.1, 0.15) is 18.4 Å². The Balaban J connectivity index is 1.74. The predicted molar refractivity (Wildman–Crippen MR) is 103 cm³/mol. The molecule has 5 rings (SSSR count). The fraction of sp³-hybridized carbons (Fsp3) is 0.158. The number of pyridine rings is 1. The largest absolute Gasteiger partial charge is 0.287 e. The van der Waals surface area contributed by atoms with E-state index in [1.807, 2.05) is 13.8 Å². The Bertz CT molecular complexity index is 1430. The van der Waals surface area contributed by atoms with Gasteiger partial charge in [0.2, 0.25) is 0 Å². The second-order valence-electron chi connectivity index (χ2n) is 6.56. The summed E-state index contributed by atoms with van der Waals surface area (Å²) in [6.45, 7) is 3.77. The summed E-state index contributed by atoms with van der Waals surface area (Å²) in [7, 11) is 0. The molecule has 0 saturated heterocycles. The van der Waals surface area contributed by atoms with Gasteiger partial charge in [0, 0.05) is 12.6 Å². The van der Waals surface area contributed by atoms with Crippen LogP contribution in [0, 0.1) is 12.7 Å². The minimum absolute atomic E-state index is 0.149. The van der Waals surface area contributed by atoms with Crippen LogP contribution in [0.25, 0.3) is 33.8 Å². The van der Waals surface area contributed by atoms with Gasteiger partial charge in [-0.3, -0.25) is 9.89 Å². The first-order valence-electron chi connectivity index (χ1n) is 9.02. The molecule has 4 aromatic heterocycles. The van der Waals surface area contributed by atoms with Gasteiger partial charge in [-0.2, -0.15) is 10.1 Å². The van der Waals surface area contributed by atoms with Crippen molar-refractivity contribution in [2.45, 2.75) is 20.3 Å². The molecule has 10 heteroatoms. The number of rotatable bonds is 3. The molecule has 5 aromatic rings. The van der Waals surface area contributed by atoms with Crippen molar-refractivity contribution in [2.75, 3.05) is 0 Å². The van der Waals surface area contributed by atoms with E-state index in [4.69, 9.17) is 0 Å². The predicted octanol–water partition coefficient (Wildman–Crippen LogP) is 2.22. The number of halogens is 1. The lowest BCUT2D eigenvalue weighted by Gasteiger charge is -2.04. The monoisotopic (exact) mass is 390 g/mol. The van der Waals surface area contributed by atoms with Crippen LogP contribution in [0.15, 0.2) is 41.3 Å². The van der Waals surface area contributed by atoms with Crippen LogP contribution >= 0.6 is 0 Å². The molecule has 29 heavy (non-hydrogen) atoms. The number of aromatic nitrogens is 8. The zero-order chi connectivity index (χ0) is 20.1. The van der Waals surface area contributed by atoms with Gasteiger partial charge in [0.15, 0.2) is 11.2 Å².